The van der Waals surface area contributed by atoms with Crippen molar-refractivity contribution in [1.82, 2.24) is 0 Å². The first kappa shape index (κ1) is 16.8. The minimum absolute atomic E-state index is 0.126. The molecule has 0 aromatic heterocycles. The summed E-state index contributed by atoms with van der Waals surface area (Å²) in [4.78, 5) is 1.81. The van der Waals surface area contributed by atoms with Gasteiger partial charge in [0, 0.05) is 19.8 Å². The van der Waals surface area contributed by atoms with Crippen LogP contribution in [0.2, 0.25) is 0 Å². The van der Waals surface area contributed by atoms with Crippen LogP contribution in [0.25, 0.3) is 6.08 Å². The third-order valence-corrected chi connectivity index (χ3v) is 5.12. The van der Waals surface area contributed by atoms with Crippen molar-refractivity contribution in [2.45, 2.75) is 11.8 Å². The summed E-state index contributed by atoms with van der Waals surface area (Å²) in [6.07, 6.45) is 1.40. The van der Waals surface area contributed by atoms with Gasteiger partial charge in [-0.1, -0.05) is 29.8 Å². The SMILES string of the molecule is Cc1ccc(S(=O)(=O)/C(C#N)=C\c2ccc(N(C)C)cc2)cc1. The van der Waals surface area contributed by atoms with Crippen LogP contribution in [0.15, 0.2) is 58.3 Å². The molecule has 0 heterocycles. The Bertz CT molecular complexity index is 857. The number of allylic oxidation sites excluding steroid dienone is 1. The Balaban J connectivity index is 2.42. The maximum absolute atomic E-state index is 12.6. The molecule has 0 radical (unpaired) electrons. The largest absolute Gasteiger partial charge is 0.378 e. The summed E-state index contributed by atoms with van der Waals surface area (Å²) in [6, 6.07) is 15.6. The average molecular weight is 326 g/mol. The van der Waals surface area contributed by atoms with Crippen LogP contribution < -0.4 is 4.90 Å². The molecule has 0 N–H and O–H groups in total. The second kappa shape index (κ2) is 6.67. The van der Waals surface area contributed by atoms with E-state index in [2.05, 4.69) is 0 Å². The molecule has 5 heteroatoms. The van der Waals surface area contributed by atoms with Gasteiger partial charge in [0.15, 0.2) is 0 Å². The number of rotatable bonds is 4. The predicted octanol–water partition coefficient (Wildman–Crippen LogP) is 3.40. The normalized spacial score (nSPS) is 11.8. The van der Waals surface area contributed by atoms with Gasteiger partial charge in [-0.25, -0.2) is 8.42 Å². The lowest BCUT2D eigenvalue weighted by molar-refractivity contribution is 0.603. The van der Waals surface area contributed by atoms with Crippen LogP contribution in [-0.2, 0) is 9.84 Å². The molecule has 0 bridgehead atoms. The summed E-state index contributed by atoms with van der Waals surface area (Å²) in [7, 11) is 0.0451. The van der Waals surface area contributed by atoms with Crippen molar-refractivity contribution in [2.75, 3.05) is 19.0 Å². The molecule has 23 heavy (non-hydrogen) atoms. The van der Waals surface area contributed by atoms with E-state index >= 15 is 0 Å². The highest BCUT2D eigenvalue weighted by atomic mass is 32.2. The van der Waals surface area contributed by atoms with E-state index < -0.39 is 9.84 Å². The third kappa shape index (κ3) is 3.79. The molecule has 0 spiro atoms. The topological polar surface area (TPSA) is 61.2 Å². The zero-order chi connectivity index (χ0) is 17.0. The van der Waals surface area contributed by atoms with Gasteiger partial charge in [0.25, 0.3) is 0 Å². The monoisotopic (exact) mass is 326 g/mol. The predicted molar refractivity (Wildman–Crippen MR) is 92.7 cm³/mol. The van der Waals surface area contributed by atoms with E-state index in [0.29, 0.717) is 5.56 Å². The lowest BCUT2D eigenvalue weighted by Gasteiger charge is -2.12. The van der Waals surface area contributed by atoms with Gasteiger partial charge >= 0.3 is 0 Å². The van der Waals surface area contributed by atoms with Crippen LogP contribution in [0.3, 0.4) is 0 Å². The number of nitriles is 1. The first-order valence-corrected chi connectivity index (χ1v) is 8.54. The van der Waals surface area contributed by atoms with E-state index in [0.717, 1.165) is 11.3 Å². The van der Waals surface area contributed by atoms with Crippen molar-refractivity contribution in [2.24, 2.45) is 0 Å². The number of sulfone groups is 1. The summed E-state index contributed by atoms with van der Waals surface area (Å²) in [6.45, 7) is 1.88. The van der Waals surface area contributed by atoms with Gasteiger partial charge < -0.3 is 4.90 Å². The maximum atomic E-state index is 12.6. The smallest absolute Gasteiger partial charge is 0.216 e. The number of hydrogen-bond acceptors (Lipinski definition) is 4. The molecule has 0 amide bonds. The molecule has 0 unspecified atom stereocenters. The Morgan fingerprint density at radius 3 is 2.09 bits per heavy atom. The summed E-state index contributed by atoms with van der Waals surface area (Å²) in [5.74, 6) is 0. The maximum Gasteiger partial charge on any atom is 0.216 e. The van der Waals surface area contributed by atoms with Gasteiger partial charge in [-0.15, -0.1) is 0 Å². The molecule has 118 valence electrons. The van der Waals surface area contributed by atoms with E-state index in [1.165, 1.54) is 18.2 Å². The third-order valence-electron chi connectivity index (χ3n) is 3.44. The van der Waals surface area contributed by atoms with Crippen LogP contribution in [0, 0.1) is 18.3 Å². The number of nitrogens with zero attached hydrogens (tertiary/aromatic N) is 2. The Labute approximate surface area is 137 Å². The van der Waals surface area contributed by atoms with Gasteiger partial charge in [-0.05, 0) is 42.8 Å². The molecule has 2 aromatic rings. The Morgan fingerprint density at radius 1 is 1.04 bits per heavy atom. The van der Waals surface area contributed by atoms with E-state index in [1.807, 2.05) is 38.1 Å². The molecule has 4 nitrogen and oxygen atoms in total. The standard InChI is InChI=1S/C18H18N2O2S/c1-14-4-10-17(11-5-14)23(21,22)18(13-19)12-15-6-8-16(9-7-15)20(2)3/h4-12H,1-3H3/b18-12-. The lowest BCUT2D eigenvalue weighted by atomic mass is 10.2. The molecule has 0 saturated heterocycles. The molecule has 0 aliphatic heterocycles. The number of benzene rings is 2. The molecule has 0 aliphatic rings. The molecule has 0 aliphatic carbocycles. The highest BCUT2D eigenvalue weighted by molar-refractivity contribution is 7.95. The van der Waals surface area contributed by atoms with Crippen molar-refractivity contribution in [3.05, 3.63) is 64.6 Å². The molecule has 0 saturated carbocycles. The van der Waals surface area contributed by atoms with Crippen LogP contribution in [-0.4, -0.2) is 22.5 Å². The Hall–Kier alpha value is -2.58. The molecule has 0 fully saturated rings. The molecule has 2 rings (SSSR count). The van der Waals surface area contributed by atoms with E-state index in [1.54, 1.807) is 30.3 Å². The second-order valence-electron chi connectivity index (χ2n) is 5.42. The van der Waals surface area contributed by atoms with Gasteiger partial charge in [0.2, 0.25) is 9.84 Å². The van der Waals surface area contributed by atoms with Crippen LogP contribution in [0.5, 0.6) is 0 Å². The average Bonchev–Trinajstić information content (AvgIpc) is 2.53. The zero-order valence-corrected chi connectivity index (χ0v) is 14.1. The van der Waals surface area contributed by atoms with Crippen molar-refractivity contribution >= 4 is 21.6 Å². The van der Waals surface area contributed by atoms with Gasteiger partial charge in [0.1, 0.15) is 11.0 Å². The van der Waals surface area contributed by atoms with E-state index in [4.69, 9.17) is 0 Å². The fourth-order valence-corrected chi connectivity index (χ4v) is 3.19. The van der Waals surface area contributed by atoms with Crippen LogP contribution in [0.1, 0.15) is 11.1 Å². The molecular formula is C18H18N2O2S. The molecular weight excluding hydrogens is 308 g/mol. The molecule has 2 aromatic carbocycles. The van der Waals surface area contributed by atoms with Crippen LogP contribution in [0.4, 0.5) is 5.69 Å². The number of anilines is 1. The summed E-state index contributed by atoms with van der Waals surface area (Å²) in [5, 5.41) is 9.28. The van der Waals surface area contributed by atoms with Crippen molar-refractivity contribution in [1.29, 1.82) is 5.26 Å². The Morgan fingerprint density at radius 2 is 1.61 bits per heavy atom. The highest BCUT2D eigenvalue weighted by Gasteiger charge is 2.20. The van der Waals surface area contributed by atoms with Crippen molar-refractivity contribution in [3.8, 4) is 6.07 Å². The summed E-state index contributed by atoms with van der Waals surface area (Å²) >= 11 is 0. The highest BCUT2D eigenvalue weighted by Crippen LogP contribution is 2.22. The second-order valence-corrected chi connectivity index (χ2v) is 7.34. The van der Waals surface area contributed by atoms with Gasteiger partial charge in [0.05, 0.1) is 4.90 Å². The van der Waals surface area contributed by atoms with Crippen molar-refractivity contribution in [3.63, 3.8) is 0 Å². The number of aryl methyl sites for hydroxylation is 1. The van der Waals surface area contributed by atoms with E-state index in [9.17, 15) is 13.7 Å². The first-order valence-electron chi connectivity index (χ1n) is 7.05. The lowest BCUT2D eigenvalue weighted by Crippen LogP contribution is -2.08. The van der Waals surface area contributed by atoms with Gasteiger partial charge in [-0.2, -0.15) is 5.26 Å². The summed E-state index contributed by atoms with van der Waals surface area (Å²) < 4.78 is 25.1. The van der Waals surface area contributed by atoms with Gasteiger partial charge in [-0.3, -0.25) is 0 Å². The van der Waals surface area contributed by atoms with Crippen molar-refractivity contribution < 1.29 is 8.42 Å². The number of hydrogen-bond donors (Lipinski definition) is 0. The minimum atomic E-state index is -3.80. The minimum Gasteiger partial charge on any atom is -0.378 e. The first-order chi connectivity index (χ1) is 10.8. The fraction of sp³-hybridized carbons (Fsp3) is 0.167. The zero-order valence-electron chi connectivity index (χ0n) is 13.3. The van der Waals surface area contributed by atoms with Crippen LogP contribution >= 0.6 is 0 Å². The molecule has 0 atom stereocenters. The fourth-order valence-electron chi connectivity index (χ4n) is 2.03. The Kier molecular flexibility index (Phi) is 4.87. The van der Waals surface area contributed by atoms with E-state index in [-0.39, 0.29) is 9.80 Å². The quantitative estimate of drug-likeness (QED) is 0.808. The summed E-state index contributed by atoms with van der Waals surface area (Å²) in [5.41, 5.74) is 2.63.